The van der Waals surface area contributed by atoms with Crippen LogP contribution in [-0.2, 0) is 0 Å². The van der Waals surface area contributed by atoms with E-state index in [1.165, 1.54) is 36.8 Å². The number of unbranched alkanes of at least 4 members (excludes halogenated alkanes) is 5. The molecule has 5 nitrogen and oxygen atoms in total. The number of rotatable bonds is 12. The van der Waals surface area contributed by atoms with Crippen molar-refractivity contribution in [1.29, 1.82) is 0 Å². The van der Waals surface area contributed by atoms with Gasteiger partial charge in [0.25, 0.3) is 0 Å². The van der Waals surface area contributed by atoms with Gasteiger partial charge in [-0.3, -0.25) is 0 Å². The number of hydrogen-bond acceptors (Lipinski definition) is 3. The van der Waals surface area contributed by atoms with E-state index in [1.807, 2.05) is 24.3 Å². The van der Waals surface area contributed by atoms with E-state index in [0.29, 0.717) is 5.11 Å². The van der Waals surface area contributed by atoms with Crippen molar-refractivity contribution in [3.05, 3.63) is 53.6 Å². The molecule has 168 valence electrons. The Kier molecular flexibility index (Phi) is 11.1. The fourth-order valence-electron chi connectivity index (χ4n) is 3.13. The molecule has 0 unspecified atom stereocenters. The fraction of sp³-hybridized carbons (Fsp3) is 0.417. The number of ether oxygens (including phenoxy) is 1. The molecule has 0 bridgehead atoms. The standard InChI is InChI=1S/C24H34N4OS2/c1-18-12-13-21(16-19(18)2)28-24(31)26-14-7-5-3-4-6-8-15-29-22-11-9-10-20(17-22)27-23(25)30/h9-13,16-17H,3-8,14-15H2,1-2H3,(H3,25,27,30)(H2,26,28,31). The quantitative estimate of drug-likeness (QED) is 0.241. The molecule has 31 heavy (non-hydrogen) atoms. The second kappa shape index (κ2) is 13.8. The molecule has 2 aromatic carbocycles. The van der Waals surface area contributed by atoms with E-state index in [-0.39, 0.29) is 5.11 Å². The summed E-state index contributed by atoms with van der Waals surface area (Å²) in [5.41, 5.74) is 9.93. The molecule has 0 saturated heterocycles. The molecule has 0 atom stereocenters. The second-order valence-corrected chi connectivity index (χ2v) is 8.51. The molecular formula is C24H34N4OS2. The van der Waals surface area contributed by atoms with Crippen LogP contribution in [0.1, 0.15) is 49.7 Å². The molecule has 0 heterocycles. The van der Waals surface area contributed by atoms with Crippen LogP contribution >= 0.6 is 24.4 Å². The summed E-state index contributed by atoms with van der Waals surface area (Å²) >= 11 is 10.2. The molecule has 0 fully saturated rings. The first-order chi connectivity index (χ1) is 14.9. The van der Waals surface area contributed by atoms with Gasteiger partial charge in [-0.15, -0.1) is 0 Å². The zero-order valence-corrected chi connectivity index (χ0v) is 20.1. The first kappa shape index (κ1) is 24.9. The summed E-state index contributed by atoms with van der Waals surface area (Å²) in [5, 5.41) is 10.4. The summed E-state index contributed by atoms with van der Waals surface area (Å²) in [5.74, 6) is 0.831. The highest BCUT2D eigenvalue weighted by Crippen LogP contribution is 2.18. The molecular weight excluding hydrogens is 424 g/mol. The summed E-state index contributed by atoms with van der Waals surface area (Å²) in [7, 11) is 0. The van der Waals surface area contributed by atoms with Gasteiger partial charge in [0.1, 0.15) is 5.75 Å². The first-order valence-corrected chi connectivity index (χ1v) is 11.7. The van der Waals surface area contributed by atoms with Crippen LogP contribution < -0.4 is 26.4 Å². The van der Waals surface area contributed by atoms with E-state index in [9.17, 15) is 0 Å². The summed E-state index contributed by atoms with van der Waals surface area (Å²) in [4.78, 5) is 0. The summed E-state index contributed by atoms with van der Waals surface area (Å²) < 4.78 is 5.81. The molecule has 0 spiro atoms. The number of aryl methyl sites for hydroxylation is 2. The van der Waals surface area contributed by atoms with Crippen LogP contribution in [0.4, 0.5) is 11.4 Å². The number of nitrogens with two attached hydrogens (primary N) is 1. The first-order valence-electron chi connectivity index (χ1n) is 10.9. The molecule has 0 aromatic heterocycles. The van der Waals surface area contributed by atoms with Gasteiger partial charge in [-0.1, -0.05) is 37.8 Å². The smallest absolute Gasteiger partial charge is 0.170 e. The Balaban J connectivity index is 1.46. The fourth-order valence-corrected chi connectivity index (χ4v) is 3.46. The van der Waals surface area contributed by atoms with E-state index < -0.39 is 0 Å². The lowest BCUT2D eigenvalue weighted by Crippen LogP contribution is -2.29. The van der Waals surface area contributed by atoms with Crippen LogP contribution in [0.3, 0.4) is 0 Å². The Hall–Kier alpha value is -2.38. The Bertz CT molecular complexity index is 857. The van der Waals surface area contributed by atoms with Gasteiger partial charge < -0.3 is 26.4 Å². The van der Waals surface area contributed by atoms with E-state index in [0.717, 1.165) is 43.1 Å². The third kappa shape index (κ3) is 10.5. The average Bonchev–Trinajstić information content (AvgIpc) is 2.72. The predicted molar refractivity (Wildman–Crippen MR) is 140 cm³/mol. The molecule has 5 N–H and O–H groups in total. The largest absolute Gasteiger partial charge is 0.494 e. The second-order valence-electron chi connectivity index (χ2n) is 7.67. The summed E-state index contributed by atoms with van der Waals surface area (Å²) in [6, 6.07) is 14.0. The lowest BCUT2D eigenvalue weighted by atomic mass is 10.1. The molecule has 0 aliphatic heterocycles. The Morgan fingerprint density at radius 1 is 0.839 bits per heavy atom. The maximum Gasteiger partial charge on any atom is 0.170 e. The van der Waals surface area contributed by atoms with Crippen molar-refractivity contribution >= 4 is 46.0 Å². The van der Waals surface area contributed by atoms with Crippen molar-refractivity contribution < 1.29 is 4.74 Å². The minimum atomic E-state index is 0.256. The highest BCUT2D eigenvalue weighted by Gasteiger charge is 2.00. The molecule has 7 heteroatoms. The lowest BCUT2D eigenvalue weighted by Gasteiger charge is -2.12. The van der Waals surface area contributed by atoms with Crippen LogP contribution in [0.25, 0.3) is 0 Å². The van der Waals surface area contributed by atoms with Crippen LogP contribution in [-0.4, -0.2) is 23.4 Å². The van der Waals surface area contributed by atoms with Crippen LogP contribution in [0, 0.1) is 13.8 Å². The highest BCUT2D eigenvalue weighted by atomic mass is 32.1. The molecule has 0 radical (unpaired) electrons. The number of anilines is 2. The monoisotopic (exact) mass is 458 g/mol. The van der Waals surface area contributed by atoms with Gasteiger partial charge in [0.15, 0.2) is 10.2 Å². The Morgan fingerprint density at radius 3 is 2.29 bits per heavy atom. The van der Waals surface area contributed by atoms with Crippen molar-refractivity contribution in [2.24, 2.45) is 5.73 Å². The van der Waals surface area contributed by atoms with Crippen molar-refractivity contribution in [3.8, 4) is 5.75 Å². The molecule has 0 saturated carbocycles. The molecule has 0 aliphatic carbocycles. The lowest BCUT2D eigenvalue weighted by molar-refractivity contribution is 0.304. The maximum absolute atomic E-state index is 5.81. The van der Waals surface area contributed by atoms with E-state index >= 15 is 0 Å². The van der Waals surface area contributed by atoms with Gasteiger partial charge in [-0.2, -0.15) is 0 Å². The van der Waals surface area contributed by atoms with Crippen molar-refractivity contribution in [2.45, 2.75) is 52.4 Å². The highest BCUT2D eigenvalue weighted by molar-refractivity contribution is 7.80. The normalized spacial score (nSPS) is 10.4. The average molecular weight is 459 g/mol. The van der Waals surface area contributed by atoms with E-state index in [4.69, 9.17) is 34.9 Å². The van der Waals surface area contributed by atoms with Gasteiger partial charge >= 0.3 is 0 Å². The Labute approximate surface area is 197 Å². The minimum Gasteiger partial charge on any atom is -0.494 e. The molecule has 0 aliphatic rings. The predicted octanol–water partition coefficient (Wildman–Crippen LogP) is 5.66. The van der Waals surface area contributed by atoms with Gasteiger partial charge in [-0.05, 0) is 86.5 Å². The third-order valence-corrected chi connectivity index (χ3v) is 5.34. The molecule has 2 rings (SSSR count). The Morgan fingerprint density at radius 2 is 1.55 bits per heavy atom. The van der Waals surface area contributed by atoms with Crippen LogP contribution in [0.15, 0.2) is 42.5 Å². The summed E-state index contributed by atoms with van der Waals surface area (Å²) in [6.45, 7) is 5.84. The zero-order chi connectivity index (χ0) is 22.5. The minimum absolute atomic E-state index is 0.256. The zero-order valence-electron chi connectivity index (χ0n) is 18.5. The number of nitrogens with one attached hydrogen (secondary N) is 3. The number of thiocarbonyl (C=S) groups is 2. The van der Waals surface area contributed by atoms with Crippen molar-refractivity contribution in [3.63, 3.8) is 0 Å². The van der Waals surface area contributed by atoms with Crippen molar-refractivity contribution in [1.82, 2.24) is 5.32 Å². The maximum atomic E-state index is 5.81. The van der Waals surface area contributed by atoms with Gasteiger partial charge in [-0.25, -0.2) is 0 Å². The van der Waals surface area contributed by atoms with E-state index in [2.05, 4.69) is 48.0 Å². The van der Waals surface area contributed by atoms with Crippen LogP contribution in [0.5, 0.6) is 5.75 Å². The van der Waals surface area contributed by atoms with Gasteiger partial charge in [0.2, 0.25) is 0 Å². The SMILES string of the molecule is Cc1ccc(NC(=S)NCCCCCCCCOc2cccc(NC(N)=S)c2)cc1C. The molecule has 2 aromatic rings. The van der Waals surface area contributed by atoms with E-state index in [1.54, 1.807) is 0 Å². The topological polar surface area (TPSA) is 71.3 Å². The third-order valence-electron chi connectivity index (χ3n) is 4.99. The number of benzene rings is 2. The summed E-state index contributed by atoms with van der Waals surface area (Å²) in [6.07, 6.45) is 6.99. The molecule has 0 amide bonds. The van der Waals surface area contributed by atoms with Crippen LogP contribution in [0.2, 0.25) is 0 Å². The van der Waals surface area contributed by atoms with Crippen molar-refractivity contribution in [2.75, 3.05) is 23.8 Å². The number of hydrogen-bond donors (Lipinski definition) is 4. The van der Waals surface area contributed by atoms with Gasteiger partial charge in [0.05, 0.1) is 6.61 Å². The van der Waals surface area contributed by atoms with Gasteiger partial charge in [0, 0.05) is 24.0 Å².